The number of amides is 1. The number of anilines is 2. The maximum absolute atomic E-state index is 12.2. The highest BCUT2D eigenvalue weighted by atomic mass is 16.5. The standard InChI is InChI=1S/C18H22N2O4/c1-18(2,3)15(21)10-24-17(23)11-6-7-13-12(9-11)19-16(22)14-5-4-8-20(13)14/h6-7,9,14H,4-5,8,10H2,1-3H3,(H,19,22)/t14-/m0/s1. The molecule has 2 aliphatic heterocycles. The summed E-state index contributed by atoms with van der Waals surface area (Å²) in [4.78, 5) is 38.2. The molecule has 2 heterocycles. The average Bonchev–Trinajstić information content (AvgIpc) is 3.01. The fourth-order valence-corrected chi connectivity index (χ4v) is 2.99. The smallest absolute Gasteiger partial charge is 0.338 e. The summed E-state index contributed by atoms with van der Waals surface area (Å²) in [7, 11) is 0. The summed E-state index contributed by atoms with van der Waals surface area (Å²) in [6.07, 6.45) is 1.83. The number of carbonyl (C=O) groups excluding carboxylic acids is 3. The molecule has 1 saturated heterocycles. The molecule has 2 aliphatic rings. The van der Waals surface area contributed by atoms with Crippen molar-refractivity contribution in [3.63, 3.8) is 0 Å². The fraction of sp³-hybridized carbons (Fsp3) is 0.500. The number of nitrogens with one attached hydrogen (secondary N) is 1. The van der Waals surface area contributed by atoms with E-state index in [0.717, 1.165) is 25.1 Å². The number of fused-ring (bicyclic) bond motifs is 3. The first-order chi connectivity index (χ1) is 11.3. The first kappa shape index (κ1) is 16.5. The van der Waals surface area contributed by atoms with Crippen molar-refractivity contribution in [1.29, 1.82) is 0 Å². The Morgan fingerprint density at radius 3 is 2.79 bits per heavy atom. The van der Waals surface area contributed by atoms with Crippen molar-refractivity contribution in [2.24, 2.45) is 5.41 Å². The van der Waals surface area contributed by atoms with Crippen molar-refractivity contribution >= 4 is 29.0 Å². The maximum atomic E-state index is 12.2. The summed E-state index contributed by atoms with van der Waals surface area (Å²) in [6.45, 7) is 5.94. The van der Waals surface area contributed by atoms with Gasteiger partial charge < -0.3 is 15.0 Å². The minimum atomic E-state index is -0.562. The van der Waals surface area contributed by atoms with E-state index < -0.39 is 11.4 Å². The van der Waals surface area contributed by atoms with Gasteiger partial charge in [0.05, 0.1) is 16.9 Å². The number of rotatable bonds is 3. The molecule has 1 N–H and O–H groups in total. The van der Waals surface area contributed by atoms with Crippen molar-refractivity contribution in [2.75, 3.05) is 23.4 Å². The first-order valence-electron chi connectivity index (χ1n) is 8.19. The molecule has 0 saturated carbocycles. The number of hydrogen-bond donors (Lipinski definition) is 1. The van der Waals surface area contributed by atoms with Crippen molar-refractivity contribution < 1.29 is 19.1 Å². The van der Waals surface area contributed by atoms with Crippen LogP contribution in [0.1, 0.15) is 44.0 Å². The van der Waals surface area contributed by atoms with Gasteiger partial charge in [0.1, 0.15) is 6.04 Å². The highest BCUT2D eigenvalue weighted by molar-refractivity contribution is 6.05. The number of nitrogens with zero attached hydrogens (tertiary/aromatic N) is 1. The second kappa shape index (κ2) is 5.92. The third-order valence-corrected chi connectivity index (χ3v) is 4.53. The van der Waals surface area contributed by atoms with Gasteiger partial charge in [0, 0.05) is 12.0 Å². The quantitative estimate of drug-likeness (QED) is 0.861. The predicted octanol–water partition coefficient (Wildman–Crippen LogP) is 2.38. The molecule has 6 nitrogen and oxygen atoms in total. The summed E-state index contributed by atoms with van der Waals surface area (Å²) >= 11 is 0. The highest BCUT2D eigenvalue weighted by Gasteiger charge is 2.36. The predicted molar refractivity (Wildman–Crippen MR) is 90.2 cm³/mol. The molecule has 0 radical (unpaired) electrons. The van der Waals surface area contributed by atoms with E-state index in [-0.39, 0.29) is 24.3 Å². The number of hydrogen-bond acceptors (Lipinski definition) is 5. The van der Waals surface area contributed by atoms with E-state index in [9.17, 15) is 14.4 Å². The molecule has 24 heavy (non-hydrogen) atoms. The van der Waals surface area contributed by atoms with Crippen molar-refractivity contribution in [3.05, 3.63) is 23.8 Å². The van der Waals surface area contributed by atoms with Crippen molar-refractivity contribution in [2.45, 2.75) is 39.7 Å². The lowest BCUT2D eigenvalue weighted by Crippen LogP contribution is -2.43. The SMILES string of the molecule is CC(C)(C)C(=O)COC(=O)c1ccc2c(c1)NC(=O)[C@@H]1CCCN21. The van der Waals surface area contributed by atoms with Gasteiger partial charge in [0.25, 0.3) is 0 Å². The molecule has 0 aliphatic carbocycles. The van der Waals surface area contributed by atoms with Gasteiger partial charge >= 0.3 is 5.97 Å². The van der Waals surface area contributed by atoms with Crippen LogP contribution >= 0.6 is 0 Å². The summed E-state index contributed by atoms with van der Waals surface area (Å²) in [5.74, 6) is -0.733. The summed E-state index contributed by atoms with van der Waals surface area (Å²) in [5.41, 5.74) is 1.33. The van der Waals surface area contributed by atoms with E-state index in [2.05, 4.69) is 10.2 Å². The Labute approximate surface area is 141 Å². The van der Waals surface area contributed by atoms with Crippen LogP contribution in [0.15, 0.2) is 18.2 Å². The topological polar surface area (TPSA) is 75.7 Å². The third kappa shape index (κ3) is 3.00. The normalized spacial score (nSPS) is 19.4. The van der Waals surface area contributed by atoms with Gasteiger partial charge in [-0.3, -0.25) is 9.59 Å². The molecule has 1 atom stereocenters. The molecule has 1 aromatic rings. The van der Waals surface area contributed by atoms with Gasteiger partial charge in [-0.25, -0.2) is 4.79 Å². The lowest BCUT2D eigenvalue weighted by molar-refractivity contribution is -0.129. The van der Waals surface area contributed by atoms with Gasteiger partial charge in [-0.15, -0.1) is 0 Å². The molecular formula is C18H22N2O4. The maximum Gasteiger partial charge on any atom is 0.338 e. The molecule has 128 valence electrons. The summed E-state index contributed by atoms with van der Waals surface area (Å²) < 4.78 is 5.11. The van der Waals surface area contributed by atoms with Crippen molar-refractivity contribution in [3.8, 4) is 0 Å². The number of Topliss-reactive ketones (excluding diaryl/α,β-unsaturated/α-hetero) is 1. The van der Waals surface area contributed by atoms with Crippen LogP contribution in [-0.2, 0) is 14.3 Å². The molecule has 0 spiro atoms. The Hall–Kier alpha value is -2.37. The molecule has 0 aromatic heterocycles. The highest BCUT2D eigenvalue weighted by Crippen LogP contribution is 2.37. The third-order valence-electron chi connectivity index (χ3n) is 4.53. The van der Waals surface area contributed by atoms with Crippen LogP contribution in [-0.4, -0.2) is 36.9 Å². The van der Waals surface area contributed by atoms with E-state index >= 15 is 0 Å². The lowest BCUT2D eigenvalue weighted by atomic mass is 9.91. The number of carbonyl (C=O) groups is 3. The van der Waals surface area contributed by atoms with Crippen LogP contribution in [0.4, 0.5) is 11.4 Å². The Bertz CT molecular complexity index is 705. The van der Waals surface area contributed by atoms with Gasteiger partial charge in [0.15, 0.2) is 12.4 Å². The number of esters is 1. The first-order valence-corrected chi connectivity index (χ1v) is 8.19. The molecule has 1 amide bonds. The van der Waals surface area contributed by atoms with E-state index in [4.69, 9.17) is 4.74 Å². The zero-order valence-electron chi connectivity index (χ0n) is 14.2. The van der Waals surface area contributed by atoms with Gasteiger partial charge in [-0.05, 0) is 31.0 Å². The second-order valence-corrected chi connectivity index (χ2v) is 7.32. The van der Waals surface area contributed by atoms with Crippen LogP contribution < -0.4 is 10.2 Å². The van der Waals surface area contributed by atoms with Crippen LogP contribution in [0.3, 0.4) is 0 Å². The minimum absolute atomic E-state index is 0.0339. The molecule has 1 fully saturated rings. The fourth-order valence-electron chi connectivity index (χ4n) is 2.99. The number of ether oxygens (including phenoxy) is 1. The van der Waals surface area contributed by atoms with E-state index in [1.165, 1.54) is 0 Å². The zero-order chi connectivity index (χ0) is 17.5. The Morgan fingerprint density at radius 2 is 2.08 bits per heavy atom. The Morgan fingerprint density at radius 1 is 1.33 bits per heavy atom. The van der Waals surface area contributed by atoms with Gasteiger partial charge in [0.2, 0.25) is 5.91 Å². The van der Waals surface area contributed by atoms with Gasteiger partial charge in [-0.1, -0.05) is 20.8 Å². The Kier molecular flexibility index (Phi) is 4.07. The minimum Gasteiger partial charge on any atom is -0.454 e. The van der Waals surface area contributed by atoms with Crippen LogP contribution in [0.5, 0.6) is 0 Å². The number of benzene rings is 1. The van der Waals surface area contributed by atoms with Gasteiger partial charge in [-0.2, -0.15) is 0 Å². The summed E-state index contributed by atoms with van der Waals surface area (Å²) in [5, 5.41) is 2.86. The van der Waals surface area contributed by atoms with Crippen molar-refractivity contribution in [1.82, 2.24) is 0 Å². The van der Waals surface area contributed by atoms with E-state index in [1.54, 1.807) is 32.9 Å². The van der Waals surface area contributed by atoms with Crippen LogP contribution in [0.25, 0.3) is 0 Å². The molecule has 3 rings (SSSR count). The average molecular weight is 330 g/mol. The zero-order valence-corrected chi connectivity index (χ0v) is 14.2. The monoisotopic (exact) mass is 330 g/mol. The molecular weight excluding hydrogens is 308 g/mol. The summed E-state index contributed by atoms with van der Waals surface area (Å²) in [6, 6.07) is 5.01. The van der Waals surface area contributed by atoms with Crippen LogP contribution in [0.2, 0.25) is 0 Å². The van der Waals surface area contributed by atoms with E-state index in [1.807, 2.05) is 6.07 Å². The number of ketones is 1. The lowest BCUT2D eigenvalue weighted by Gasteiger charge is -2.33. The molecule has 6 heteroatoms. The largest absolute Gasteiger partial charge is 0.454 e. The molecule has 0 bridgehead atoms. The molecule has 0 unspecified atom stereocenters. The second-order valence-electron chi connectivity index (χ2n) is 7.32. The van der Waals surface area contributed by atoms with E-state index in [0.29, 0.717) is 11.3 Å². The molecule has 1 aromatic carbocycles. The Balaban J connectivity index is 1.74. The van der Waals surface area contributed by atoms with Crippen LogP contribution in [0, 0.1) is 5.41 Å².